The summed E-state index contributed by atoms with van der Waals surface area (Å²) in [5.41, 5.74) is 5.55. The van der Waals surface area contributed by atoms with E-state index in [1.54, 1.807) is 11.3 Å². The van der Waals surface area contributed by atoms with Gasteiger partial charge in [0.15, 0.2) is 0 Å². The molecule has 3 rings (SSSR count). The van der Waals surface area contributed by atoms with Gasteiger partial charge in [-0.1, -0.05) is 17.4 Å². The highest BCUT2D eigenvalue weighted by atomic mass is 32.1. The minimum Gasteiger partial charge on any atom is -0.307 e. The van der Waals surface area contributed by atoms with Crippen molar-refractivity contribution in [1.29, 1.82) is 0 Å². The molecule has 1 aromatic carbocycles. The minimum absolute atomic E-state index is 0.185. The molecule has 1 N–H and O–H groups in total. The van der Waals surface area contributed by atoms with Crippen LogP contribution in [0.2, 0.25) is 0 Å². The fourth-order valence-electron chi connectivity index (χ4n) is 4.56. The van der Waals surface area contributed by atoms with Crippen molar-refractivity contribution in [3.8, 4) is 10.6 Å². The highest BCUT2D eigenvalue weighted by Crippen LogP contribution is 2.36. The molecule has 4 heteroatoms. The summed E-state index contributed by atoms with van der Waals surface area (Å²) in [5.74, 6) is 0.660. The van der Waals surface area contributed by atoms with Crippen molar-refractivity contribution in [3.05, 3.63) is 33.8 Å². The van der Waals surface area contributed by atoms with Crippen molar-refractivity contribution in [2.75, 3.05) is 0 Å². The Kier molecular flexibility index (Phi) is 4.80. The second-order valence-electron chi connectivity index (χ2n) is 9.12. The van der Waals surface area contributed by atoms with Crippen LogP contribution in [0.25, 0.3) is 10.6 Å². The van der Waals surface area contributed by atoms with Gasteiger partial charge in [-0.05, 0) is 90.0 Å². The van der Waals surface area contributed by atoms with Crippen molar-refractivity contribution in [2.45, 2.75) is 78.8 Å². The van der Waals surface area contributed by atoms with Crippen molar-refractivity contribution in [1.82, 2.24) is 15.5 Å². The van der Waals surface area contributed by atoms with Gasteiger partial charge < -0.3 is 5.32 Å². The Balaban J connectivity index is 1.79. The second kappa shape index (κ2) is 6.48. The lowest BCUT2D eigenvalue weighted by molar-refractivity contribution is 0.128. The van der Waals surface area contributed by atoms with Crippen LogP contribution in [-0.2, 0) is 6.42 Å². The molecule has 1 fully saturated rings. The number of aromatic nitrogens is 2. The largest absolute Gasteiger partial charge is 0.307 e. The first-order chi connectivity index (χ1) is 11.5. The molecule has 3 nitrogen and oxygen atoms in total. The summed E-state index contributed by atoms with van der Waals surface area (Å²) in [6.45, 7) is 15.7. The molecule has 1 aliphatic rings. The van der Waals surface area contributed by atoms with Gasteiger partial charge in [-0.25, -0.2) is 0 Å². The highest BCUT2D eigenvalue weighted by molar-refractivity contribution is 7.14. The van der Waals surface area contributed by atoms with Gasteiger partial charge >= 0.3 is 0 Å². The van der Waals surface area contributed by atoms with Gasteiger partial charge in [-0.15, -0.1) is 10.2 Å². The third kappa shape index (κ3) is 4.29. The van der Waals surface area contributed by atoms with Gasteiger partial charge in [-0.3, -0.25) is 0 Å². The third-order valence-electron chi connectivity index (χ3n) is 5.28. The van der Waals surface area contributed by atoms with Gasteiger partial charge in [0.25, 0.3) is 0 Å². The van der Waals surface area contributed by atoms with Crippen molar-refractivity contribution >= 4 is 11.3 Å². The fourth-order valence-corrected chi connectivity index (χ4v) is 5.60. The normalized spacial score (nSPS) is 20.0. The quantitative estimate of drug-likeness (QED) is 0.817. The summed E-state index contributed by atoms with van der Waals surface area (Å²) in [5, 5.41) is 15.0. The van der Waals surface area contributed by atoms with E-state index >= 15 is 0 Å². The minimum atomic E-state index is 0.185. The van der Waals surface area contributed by atoms with Gasteiger partial charge in [0.05, 0.1) is 0 Å². The van der Waals surface area contributed by atoms with E-state index in [1.807, 2.05) is 0 Å². The van der Waals surface area contributed by atoms with Crippen molar-refractivity contribution < 1.29 is 0 Å². The standard InChI is InChI=1S/C21H31N3S/c1-13-8-15(3)17(9-14(13)2)19-23-22-18(25-19)10-16-11-20(4,5)24-21(6,7)12-16/h8-9,16,24H,10-12H2,1-7H3. The number of benzene rings is 1. The topological polar surface area (TPSA) is 37.8 Å². The molecule has 25 heavy (non-hydrogen) atoms. The van der Waals surface area contributed by atoms with E-state index in [0.29, 0.717) is 5.92 Å². The van der Waals surface area contributed by atoms with Crippen LogP contribution in [0.4, 0.5) is 0 Å². The summed E-state index contributed by atoms with van der Waals surface area (Å²) in [6, 6.07) is 4.51. The number of nitrogens with zero attached hydrogens (tertiary/aromatic N) is 2. The van der Waals surface area contributed by atoms with Crippen LogP contribution in [0.3, 0.4) is 0 Å². The molecule has 1 saturated heterocycles. The Morgan fingerprint density at radius 1 is 0.960 bits per heavy atom. The van der Waals surface area contributed by atoms with Gasteiger partial charge in [0.2, 0.25) is 0 Å². The van der Waals surface area contributed by atoms with E-state index in [9.17, 15) is 0 Å². The molecule has 0 atom stereocenters. The third-order valence-corrected chi connectivity index (χ3v) is 6.25. The zero-order valence-corrected chi connectivity index (χ0v) is 17.5. The van der Waals surface area contributed by atoms with Crippen LogP contribution in [0.1, 0.15) is 62.2 Å². The second-order valence-corrected chi connectivity index (χ2v) is 10.2. The lowest BCUT2D eigenvalue weighted by Crippen LogP contribution is -2.58. The van der Waals surface area contributed by atoms with Crippen LogP contribution < -0.4 is 5.32 Å². The van der Waals surface area contributed by atoms with Crippen LogP contribution in [0.5, 0.6) is 0 Å². The Morgan fingerprint density at radius 2 is 1.56 bits per heavy atom. The van der Waals surface area contributed by atoms with E-state index < -0.39 is 0 Å². The number of nitrogens with one attached hydrogen (secondary N) is 1. The van der Waals surface area contributed by atoms with Gasteiger partial charge in [0.1, 0.15) is 10.0 Å². The number of piperidine rings is 1. The zero-order valence-electron chi connectivity index (χ0n) is 16.7. The lowest BCUT2D eigenvalue weighted by atomic mass is 9.75. The molecule has 2 aromatic rings. The molecule has 0 aliphatic carbocycles. The molecule has 0 bridgehead atoms. The predicted octanol–water partition coefficient (Wildman–Crippen LogP) is 5.23. The van der Waals surface area contributed by atoms with E-state index in [0.717, 1.165) is 11.4 Å². The summed E-state index contributed by atoms with van der Waals surface area (Å²) in [7, 11) is 0. The molecule has 136 valence electrons. The molecule has 1 aliphatic heterocycles. The molecule has 0 radical (unpaired) electrons. The maximum absolute atomic E-state index is 4.52. The molecule has 0 saturated carbocycles. The zero-order chi connectivity index (χ0) is 18.4. The van der Waals surface area contributed by atoms with Crippen molar-refractivity contribution in [3.63, 3.8) is 0 Å². The van der Waals surface area contributed by atoms with Crippen LogP contribution in [0, 0.1) is 26.7 Å². The summed E-state index contributed by atoms with van der Waals surface area (Å²) in [6.07, 6.45) is 3.41. The summed E-state index contributed by atoms with van der Waals surface area (Å²) < 4.78 is 0. The smallest absolute Gasteiger partial charge is 0.148 e. The summed E-state index contributed by atoms with van der Waals surface area (Å²) >= 11 is 1.77. The first kappa shape index (κ1) is 18.5. The molecule has 1 aromatic heterocycles. The number of hydrogen-bond acceptors (Lipinski definition) is 4. The first-order valence-electron chi connectivity index (χ1n) is 9.25. The summed E-state index contributed by atoms with van der Waals surface area (Å²) in [4.78, 5) is 0. The Labute approximate surface area is 156 Å². The highest BCUT2D eigenvalue weighted by Gasteiger charge is 2.37. The predicted molar refractivity (Wildman–Crippen MR) is 107 cm³/mol. The van der Waals surface area contributed by atoms with E-state index in [1.165, 1.54) is 40.1 Å². The number of hydrogen-bond donors (Lipinski definition) is 1. The van der Waals surface area contributed by atoms with Gasteiger partial charge in [0, 0.05) is 23.1 Å². The number of aryl methyl sites for hydroxylation is 3. The lowest BCUT2D eigenvalue weighted by Gasteiger charge is -2.46. The van der Waals surface area contributed by atoms with Crippen molar-refractivity contribution in [2.24, 2.45) is 5.92 Å². The molecule has 0 spiro atoms. The molecular weight excluding hydrogens is 326 g/mol. The maximum atomic E-state index is 4.52. The Bertz CT molecular complexity index is 757. The molecule has 0 amide bonds. The van der Waals surface area contributed by atoms with Crippen LogP contribution >= 0.6 is 11.3 Å². The SMILES string of the molecule is Cc1cc(C)c(-c2nnc(CC3CC(C)(C)NC(C)(C)C3)s2)cc1C. The molecule has 0 unspecified atom stereocenters. The van der Waals surface area contributed by atoms with Gasteiger partial charge in [-0.2, -0.15) is 0 Å². The Morgan fingerprint density at radius 3 is 2.20 bits per heavy atom. The monoisotopic (exact) mass is 357 g/mol. The number of rotatable bonds is 3. The first-order valence-corrected chi connectivity index (χ1v) is 10.1. The average molecular weight is 358 g/mol. The maximum Gasteiger partial charge on any atom is 0.148 e. The average Bonchev–Trinajstić information content (AvgIpc) is 2.87. The van der Waals surface area contributed by atoms with E-state index in [2.05, 4.69) is 76.1 Å². The van der Waals surface area contributed by atoms with E-state index in [4.69, 9.17) is 0 Å². The van der Waals surface area contributed by atoms with Crippen LogP contribution in [0.15, 0.2) is 12.1 Å². The molecular formula is C21H31N3S. The Hall–Kier alpha value is -1.26. The van der Waals surface area contributed by atoms with E-state index in [-0.39, 0.29) is 11.1 Å². The fraction of sp³-hybridized carbons (Fsp3) is 0.619. The van der Waals surface area contributed by atoms with Crippen LogP contribution in [-0.4, -0.2) is 21.3 Å². The molecule has 2 heterocycles.